The number of aromatic nitrogens is 2. The molecule has 2 aromatic carbocycles. The van der Waals surface area contributed by atoms with Crippen molar-refractivity contribution in [2.75, 3.05) is 52.4 Å². The average molecular weight is 613 g/mol. The minimum absolute atomic E-state index is 0.0409. The highest BCUT2D eigenvalue weighted by molar-refractivity contribution is 7.89. The number of hydrogen-bond donors (Lipinski definition) is 3. The zero-order valence-corrected chi connectivity index (χ0v) is 24.5. The van der Waals surface area contributed by atoms with Crippen LogP contribution in [0.15, 0.2) is 74.2 Å². The number of rotatable bonds is 5. The van der Waals surface area contributed by atoms with E-state index in [2.05, 4.69) is 15.6 Å². The maximum Gasteiger partial charge on any atom is 0.262 e. The van der Waals surface area contributed by atoms with Crippen molar-refractivity contribution in [3.05, 3.63) is 75.6 Å². The van der Waals surface area contributed by atoms with Crippen LogP contribution in [-0.2, 0) is 20.0 Å². The second kappa shape index (κ2) is 11.4. The van der Waals surface area contributed by atoms with Crippen molar-refractivity contribution in [1.82, 2.24) is 28.8 Å². The molecule has 2 saturated heterocycles. The predicted molar refractivity (Wildman–Crippen MR) is 160 cm³/mol. The fraction of sp³-hybridized carbons (Fsp3) is 0.357. The summed E-state index contributed by atoms with van der Waals surface area (Å²) in [7, 11) is -7.89. The highest BCUT2D eigenvalue weighted by Gasteiger charge is 2.30. The molecule has 2 aliphatic rings. The first-order valence-corrected chi connectivity index (χ1v) is 16.8. The van der Waals surface area contributed by atoms with Gasteiger partial charge in [-0.15, -0.1) is 0 Å². The summed E-state index contributed by atoms with van der Waals surface area (Å²) in [5.74, 6) is 0. The largest absolute Gasteiger partial charge is 0.329 e. The molecule has 0 saturated carbocycles. The first-order chi connectivity index (χ1) is 20.2. The molecule has 222 valence electrons. The van der Waals surface area contributed by atoms with Crippen molar-refractivity contribution in [2.45, 2.75) is 22.6 Å². The minimum atomic E-state index is -4.02. The Labute approximate surface area is 243 Å². The SMILES string of the molecule is O=c1[nH]ccc2c(S(=O)(=O)N3CCCNCC3)cc(-n3ccc4c(S(=O)(=O)N5CCCNCC5)cccc4c3=O)cc12. The lowest BCUT2D eigenvalue weighted by atomic mass is 10.1. The van der Waals surface area contributed by atoms with Crippen molar-refractivity contribution in [3.8, 4) is 5.69 Å². The third-order valence-electron chi connectivity index (χ3n) is 7.85. The molecule has 3 N–H and O–H groups in total. The summed E-state index contributed by atoms with van der Waals surface area (Å²) in [6, 6.07) is 10.6. The van der Waals surface area contributed by atoms with E-state index in [1.807, 2.05) is 0 Å². The van der Waals surface area contributed by atoms with Crippen LogP contribution >= 0.6 is 0 Å². The van der Waals surface area contributed by atoms with Crippen molar-refractivity contribution < 1.29 is 16.8 Å². The Morgan fingerprint density at radius 3 is 1.98 bits per heavy atom. The first-order valence-electron chi connectivity index (χ1n) is 13.9. The molecule has 0 atom stereocenters. The van der Waals surface area contributed by atoms with E-state index in [-0.39, 0.29) is 43.6 Å². The monoisotopic (exact) mass is 612 g/mol. The quantitative estimate of drug-likeness (QED) is 0.299. The zero-order valence-electron chi connectivity index (χ0n) is 22.9. The maximum absolute atomic E-state index is 13.9. The summed E-state index contributed by atoms with van der Waals surface area (Å²) in [4.78, 5) is 29.3. The third kappa shape index (κ3) is 5.08. The molecule has 42 heavy (non-hydrogen) atoms. The Hall–Kier alpha value is -3.40. The van der Waals surface area contributed by atoms with Crippen molar-refractivity contribution in [1.29, 1.82) is 0 Å². The third-order valence-corrected chi connectivity index (χ3v) is 11.7. The maximum atomic E-state index is 13.9. The topological polar surface area (TPSA) is 154 Å². The Morgan fingerprint density at radius 1 is 0.643 bits per heavy atom. The second-order valence-corrected chi connectivity index (χ2v) is 14.2. The molecule has 0 amide bonds. The van der Waals surface area contributed by atoms with Gasteiger partial charge < -0.3 is 15.6 Å². The molecule has 0 aliphatic carbocycles. The van der Waals surface area contributed by atoms with Gasteiger partial charge in [0.1, 0.15) is 0 Å². The number of H-pyrrole nitrogens is 1. The minimum Gasteiger partial charge on any atom is -0.329 e. The van der Waals surface area contributed by atoms with Gasteiger partial charge in [-0.25, -0.2) is 16.8 Å². The molecule has 12 nitrogen and oxygen atoms in total. The fourth-order valence-electron chi connectivity index (χ4n) is 5.68. The van der Waals surface area contributed by atoms with Gasteiger partial charge in [-0.05, 0) is 62.3 Å². The van der Waals surface area contributed by atoms with E-state index in [0.29, 0.717) is 52.1 Å². The zero-order chi connectivity index (χ0) is 29.5. The smallest absolute Gasteiger partial charge is 0.262 e. The summed E-state index contributed by atoms with van der Waals surface area (Å²) in [6.45, 7) is 3.77. The van der Waals surface area contributed by atoms with Gasteiger partial charge in [-0.2, -0.15) is 8.61 Å². The number of benzene rings is 2. The number of sulfonamides is 2. The van der Waals surface area contributed by atoms with Crippen LogP contribution in [0.3, 0.4) is 0 Å². The molecule has 0 unspecified atom stereocenters. The fourth-order valence-corrected chi connectivity index (χ4v) is 9.07. The lowest BCUT2D eigenvalue weighted by molar-refractivity contribution is 0.432. The predicted octanol–water partition coefficient (Wildman–Crippen LogP) is 0.800. The van der Waals surface area contributed by atoms with E-state index in [4.69, 9.17) is 0 Å². The van der Waals surface area contributed by atoms with Crippen molar-refractivity contribution in [2.24, 2.45) is 0 Å². The van der Waals surface area contributed by atoms with Crippen LogP contribution in [0.25, 0.3) is 27.2 Å². The molecule has 0 bridgehead atoms. The van der Waals surface area contributed by atoms with Crippen LogP contribution in [-0.4, -0.2) is 87.4 Å². The summed E-state index contributed by atoms with van der Waals surface area (Å²) in [5, 5.41) is 7.21. The lowest BCUT2D eigenvalue weighted by Gasteiger charge is -2.22. The van der Waals surface area contributed by atoms with Crippen LogP contribution in [0.2, 0.25) is 0 Å². The molecule has 6 rings (SSSR count). The average Bonchev–Trinajstić information content (AvgIpc) is 3.44. The molecular formula is C28H32N6O6S2. The van der Waals surface area contributed by atoms with Crippen LogP contribution < -0.4 is 21.8 Å². The number of nitrogens with zero attached hydrogens (tertiary/aromatic N) is 3. The van der Waals surface area contributed by atoms with E-state index < -0.39 is 31.2 Å². The van der Waals surface area contributed by atoms with Gasteiger partial charge in [-0.1, -0.05) is 6.07 Å². The molecule has 14 heteroatoms. The normalized spacial score (nSPS) is 18.2. The summed E-state index contributed by atoms with van der Waals surface area (Å²) in [6.07, 6.45) is 4.15. The number of nitrogens with one attached hydrogen (secondary N) is 3. The lowest BCUT2D eigenvalue weighted by Crippen LogP contribution is -2.34. The van der Waals surface area contributed by atoms with Gasteiger partial charge in [0.2, 0.25) is 20.0 Å². The van der Waals surface area contributed by atoms with Gasteiger partial charge in [-0.3, -0.25) is 14.2 Å². The Bertz CT molecular complexity index is 1990. The van der Waals surface area contributed by atoms with E-state index in [9.17, 15) is 26.4 Å². The number of fused-ring (bicyclic) bond motifs is 2. The van der Waals surface area contributed by atoms with Crippen molar-refractivity contribution >= 4 is 41.6 Å². The van der Waals surface area contributed by atoms with Gasteiger partial charge in [0.05, 0.1) is 20.9 Å². The van der Waals surface area contributed by atoms with Gasteiger partial charge >= 0.3 is 0 Å². The summed E-state index contributed by atoms with van der Waals surface area (Å²) >= 11 is 0. The van der Waals surface area contributed by atoms with Crippen LogP contribution in [0.1, 0.15) is 12.8 Å². The molecule has 2 aliphatic heterocycles. The number of pyridine rings is 2. The van der Waals surface area contributed by atoms with Crippen LogP contribution in [0.4, 0.5) is 0 Å². The van der Waals surface area contributed by atoms with E-state index in [0.717, 1.165) is 6.54 Å². The van der Waals surface area contributed by atoms with E-state index in [1.165, 1.54) is 49.8 Å². The first kappa shape index (κ1) is 28.7. The summed E-state index contributed by atoms with van der Waals surface area (Å²) < 4.78 is 59.1. The van der Waals surface area contributed by atoms with Gasteiger partial charge in [0.25, 0.3) is 11.1 Å². The molecule has 0 radical (unpaired) electrons. The van der Waals surface area contributed by atoms with Crippen LogP contribution in [0.5, 0.6) is 0 Å². The molecule has 4 heterocycles. The molecule has 0 spiro atoms. The molecule has 2 aromatic heterocycles. The summed E-state index contributed by atoms with van der Waals surface area (Å²) in [5.41, 5.74) is -0.835. The number of hydrogen-bond acceptors (Lipinski definition) is 8. The van der Waals surface area contributed by atoms with E-state index in [1.54, 1.807) is 18.2 Å². The standard InChI is InChI=1S/C28H32N6O6S2/c35-27-24-18-20(19-26(21(24)6-10-31-27)42(39,40)33-14-3-9-30-12-17-33)34-15-7-22-23(28(34)36)4-1-5-25(22)41(37,38)32-13-2-8-29-11-16-32/h1,4-7,10,15,18-19,29-30H,2-3,8-9,11-14,16-17H2,(H,31,35). The Balaban J connectivity index is 1.52. The molecular weight excluding hydrogens is 580 g/mol. The van der Waals surface area contributed by atoms with Gasteiger partial charge in [0, 0.05) is 67.8 Å². The van der Waals surface area contributed by atoms with Crippen molar-refractivity contribution in [3.63, 3.8) is 0 Å². The number of aromatic amines is 1. The van der Waals surface area contributed by atoms with Crippen LogP contribution in [0, 0.1) is 0 Å². The molecule has 2 fully saturated rings. The molecule has 4 aromatic rings. The Morgan fingerprint density at radius 2 is 1.29 bits per heavy atom. The van der Waals surface area contributed by atoms with Gasteiger partial charge in [0.15, 0.2) is 0 Å². The second-order valence-electron chi connectivity index (χ2n) is 10.4. The van der Waals surface area contributed by atoms with E-state index >= 15 is 0 Å². The Kier molecular flexibility index (Phi) is 7.76. The highest BCUT2D eigenvalue weighted by Crippen LogP contribution is 2.29. The highest BCUT2D eigenvalue weighted by atomic mass is 32.2.